The van der Waals surface area contributed by atoms with Gasteiger partial charge in [-0.3, -0.25) is 4.79 Å². The first-order valence-corrected chi connectivity index (χ1v) is 6.83. The Morgan fingerprint density at radius 2 is 2.11 bits per heavy atom. The lowest BCUT2D eigenvalue weighted by Crippen LogP contribution is -2.38. The monoisotopic (exact) mass is 261 g/mol. The number of amides is 1. The summed E-state index contributed by atoms with van der Waals surface area (Å²) in [6.07, 6.45) is 4.43. The van der Waals surface area contributed by atoms with Crippen LogP contribution in [0.1, 0.15) is 44.3 Å². The number of nitrogens with zero attached hydrogens (tertiary/aromatic N) is 2. The minimum atomic E-state index is -0.318. The second-order valence-corrected chi connectivity index (χ2v) is 5.46. The quantitative estimate of drug-likeness (QED) is 0.735. The highest BCUT2D eigenvalue weighted by atomic mass is 16.2. The molecule has 2 fully saturated rings. The maximum absolute atomic E-state index is 11.9. The third kappa shape index (κ3) is 3.13. The molecule has 1 heterocycles. The minimum absolute atomic E-state index is 0.00709. The molecule has 1 aromatic heterocycles. The topological polar surface area (TPSA) is 92.9 Å². The summed E-state index contributed by atoms with van der Waals surface area (Å²) < 4.78 is 0. The van der Waals surface area contributed by atoms with Gasteiger partial charge in [-0.25, -0.2) is 9.97 Å². The number of nitrogen functional groups attached to an aromatic ring is 1. The number of nitrogens with one attached hydrogen (secondary N) is 2. The van der Waals surface area contributed by atoms with E-state index in [9.17, 15) is 4.79 Å². The number of anilines is 2. The van der Waals surface area contributed by atoms with Crippen LogP contribution in [0.5, 0.6) is 0 Å². The Morgan fingerprint density at radius 3 is 2.74 bits per heavy atom. The smallest absolute Gasteiger partial charge is 0.242 e. The van der Waals surface area contributed by atoms with Crippen molar-refractivity contribution in [3.05, 3.63) is 11.9 Å². The Morgan fingerprint density at radius 1 is 1.37 bits per heavy atom. The summed E-state index contributed by atoms with van der Waals surface area (Å²) in [7, 11) is 0. The number of nitrogens with two attached hydrogens (primary N) is 1. The van der Waals surface area contributed by atoms with Gasteiger partial charge in [-0.1, -0.05) is 0 Å². The Balaban J connectivity index is 1.65. The van der Waals surface area contributed by atoms with Gasteiger partial charge < -0.3 is 16.4 Å². The van der Waals surface area contributed by atoms with Crippen LogP contribution in [-0.4, -0.2) is 28.0 Å². The number of carbonyl (C=O) groups is 1. The molecule has 2 aliphatic carbocycles. The zero-order chi connectivity index (χ0) is 13.4. The van der Waals surface area contributed by atoms with Crippen molar-refractivity contribution < 1.29 is 4.79 Å². The Labute approximate surface area is 112 Å². The normalized spacial score (nSPS) is 19.8. The van der Waals surface area contributed by atoms with Crippen LogP contribution in [0, 0.1) is 0 Å². The zero-order valence-corrected chi connectivity index (χ0v) is 11.0. The molecule has 3 rings (SSSR count). The number of hydrogen-bond donors (Lipinski definition) is 3. The second kappa shape index (κ2) is 4.68. The molecule has 6 heteroatoms. The van der Waals surface area contributed by atoms with Crippen molar-refractivity contribution in [3.63, 3.8) is 0 Å². The summed E-state index contributed by atoms with van der Waals surface area (Å²) in [6.45, 7) is 1.83. The lowest BCUT2D eigenvalue weighted by Gasteiger charge is -2.15. The maximum Gasteiger partial charge on any atom is 0.242 e. The van der Waals surface area contributed by atoms with Crippen LogP contribution in [-0.2, 0) is 4.79 Å². The van der Waals surface area contributed by atoms with Crippen molar-refractivity contribution in [1.29, 1.82) is 0 Å². The molecule has 4 N–H and O–H groups in total. The molecule has 0 spiro atoms. The van der Waals surface area contributed by atoms with E-state index in [4.69, 9.17) is 5.73 Å². The standard InChI is InChI=1S/C13H19N5O/c1-7(13(19)16-9-4-5-9)15-11-6-10(14)17-12(18-11)8-2-3-8/h6-9H,2-5H2,1H3,(H,16,19)(H3,14,15,17,18). The molecule has 6 nitrogen and oxygen atoms in total. The summed E-state index contributed by atoms with van der Waals surface area (Å²) in [5.41, 5.74) is 5.78. The van der Waals surface area contributed by atoms with Gasteiger partial charge in [0.05, 0.1) is 0 Å². The summed E-state index contributed by atoms with van der Waals surface area (Å²) in [4.78, 5) is 20.5. The van der Waals surface area contributed by atoms with Gasteiger partial charge in [0.15, 0.2) is 0 Å². The molecule has 0 aromatic carbocycles. The Hall–Kier alpha value is -1.85. The minimum Gasteiger partial charge on any atom is -0.384 e. The largest absolute Gasteiger partial charge is 0.384 e. The zero-order valence-electron chi connectivity index (χ0n) is 11.0. The molecule has 1 aromatic rings. The van der Waals surface area contributed by atoms with E-state index in [1.165, 1.54) is 0 Å². The van der Waals surface area contributed by atoms with E-state index in [1.807, 2.05) is 6.92 Å². The number of rotatable bonds is 5. The van der Waals surface area contributed by atoms with Gasteiger partial charge in [-0.05, 0) is 32.6 Å². The lowest BCUT2D eigenvalue weighted by atomic mass is 10.3. The van der Waals surface area contributed by atoms with Crippen LogP contribution in [0.15, 0.2) is 6.07 Å². The van der Waals surface area contributed by atoms with E-state index in [-0.39, 0.29) is 11.9 Å². The van der Waals surface area contributed by atoms with Gasteiger partial charge in [0.1, 0.15) is 23.5 Å². The van der Waals surface area contributed by atoms with E-state index in [1.54, 1.807) is 6.07 Å². The van der Waals surface area contributed by atoms with Gasteiger partial charge in [0.2, 0.25) is 5.91 Å². The predicted molar refractivity (Wildman–Crippen MR) is 72.7 cm³/mol. The van der Waals surface area contributed by atoms with Crippen molar-refractivity contribution >= 4 is 17.5 Å². The third-order valence-corrected chi connectivity index (χ3v) is 3.39. The Bertz CT molecular complexity index is 496. The molecular weight excluding hydrogens is 242 g/mol. The summed E-state index contributed by atoms with van der Waals surface area (Å²) >= 11 is 0. The highest BCUT2D eigenvalue weighted by molar-refractivity contribution is 5.84. The lowest BCUT2D eigenvalue weighted by molar-refractivity contribution is -0.121. The van der Waals surface area contributed by atoms with Crippen LogP contribution in [0.25, 0.3) is 0 Å². The molecule has 1 atom stereocenters. The van der Waals surface area contributed by atoms with E-state index >= 15 is 0 Å². The predicted octanol–water partition coefficient (Wildman–Crippen LogP) is 1.02. The van der Waals surface area contributed by atoms with Crippen molar-refractivity contribution in [2.24, 2.45) is 0 Å². The molecule has 0 saturated heterocycles. The first-order valence-electron chi connectivity index (χ1n) is 6.83. The molecular formula is C13H19N5O. The number of aromatic nitrogens is 2. The molecule has 2 saturated carbocycles. The van der Waals surface area contributed by atoms with Crippen molar-refractivity contribution in [3.8, 4) is 0 Å². The maximum atomic E-state index is 11.9. The van der Waals surface area contributed by atoms with Crippen LogP contribution in [0.2, 0.25) is 0 Å². The van der Waals surface area contributed by atoms with Gasteiger partial charge >= 0.3 is 0 Å². The second-order valence-electron chi connectivity index (χ2n) is 5.46. The molecule has 0 aliphatic heterocycles. The van der Waals surface area contributed by atoms with E-state index in [0.29, 0.717) is 23.6 Å². The van der Waals surface area contributed by atoms with Crippen LogP contribution in [0.3, 0.4) is 0 Å². The first-order chi connectivity index (χ1) is 9.11. The van der Waals surface area contributed by atoms with Crippen LogP contribution >= 0.6 is 0 Å². The highest BCUT2D eigenvalue weighted by Gasteiger charge is 2.28. The van der Waals surface area contributed by atoms with Crippen molar-refractivity contribution in [2.75, 3.05) is 11.1 Å². The van der Waals surface area contributed by atoms with Crippen molar-refractivity contribution in [2.45, 2.75) is 50.6 Å². The van der Waals surface area contributed by atoms with Gasteiger partial charge in [-0.2, -0.15) is 0 Å². The molecule has 102 valence electrons. The first kappa shape index (κ1) is 12.2. The third-order valence-electron chi connectivity index (χ3n) is 3.39. The molecule has 1 amide bonds. The van der Waals surface area contributed by atoms with Gasteiger partial charge in [0.25, 0.3) is 0 Å². The van der Waals surface area contributed by atoms with Crippen molar-refractivity contribution in [1.82, 2.24) is 15.3 Å². The van der Waals surface area contributed by atoms with Gasteiger partial charge in [-0.15, -0.1) is 0 Å². The fourth-order valence-corrected chi connectivity index (χ4v) is 1.92. The van der Waals surface area contributed by atoms with Crippen LogP contribution < -0.4 is 16.4 Å². The summed E-state index contributed by atoms with van der Waals surface area (Å²) in [6, 6.07) is 1.73. The molecule has 19 heavy (non-hydrogen) atoms. The summed E-state index contributed by atoms with van der Waals surface area (Å²) in [5.74, 6) is 2.33. The molecule has 0 bridgehead atoms. The molecule has 0 radical (unpaired) electrons. The molecule has 1 unspecified atom stereocenters. The fourth-order valence-electron chi connectivity index (χ4n) is 1.92. The average Bonchev–Trinajstić information content (AvgIpc) is 3.22. The highest BCUT2D eigenvalue weighted by Crippen LogP contribution is 2.38. The number of hydrogen-bond acceptors (Lipinski definition) is 5. The molecule has 2 aliphatic rings. The summed E-state index contributed by atoms with van der Waals surface area (Å²) in [5, 5.41) is 6.06. The van der Waals surface area contributed by atoms with E-state index in [0.717, 1.165) is 31.5 Å². The fraction of sp³-hybridized carbons (Fsp3) is 0.615. The van der Waals surface area contributed by atoms with E-state index < -0.39 is 0 Å². The average molecular weight is 261 g/mol. The van der Waals surface area contributed by atoms with Gasteiger partial charge in [0, 0.05) is 18.0 Å². The van der Waals surface area contributed by atoms with E-state index in [2.05, 4.69) is 20.6 Å². The Kier molecular flexibility index (Phi) is 3.00. The SMILES string of the molecule is CC(Nc1cc(N)nc(C2CC2)n1)C(=O)NC1CC1. The van der Waals surface area contributed by atoms with Crippen LogP contribution in [0.4, 0.5) is 11.6 Å². The number of carbonyl (C=O) groups excluding carboxylic acids is 1.